The monoisotopic (exact) mass is 418 g/mol. The predicted molar refractivity (Wildman–Crippen MR) is 110 cm³/mol. The molecule has 2 aromatic heterocycles. The lowest BCUT2D eigenvalue weighted by Gasteiger charge is -2.11. The van der Waals surface area contributed by atoms with Gasteiger partial charge in [0.2, 0.25) is 0 Å². The van der Waals surface area contributed by atoms with Gasteiger partial charge in [-0.3, -0.25) is 9.59 Å². The number of halogens is 1. The maximum atomic E-state index is 13.1. The van der Waals surface area contributed by atoms with E-state index < -0.39 is 18.5 Å². The zero-order valence-corrected chi connectivity index (χ0v) is 16.2. The van der Waals surface area contributed by atoms with Crippen LogP contribution < -0.4 is 10.6 Å². The largest absolute Gasteiger partial charge is 0.338 e. The van der Waals surface area contributed by atoms with E-state index in [-0.39, 0.29) is 0 Å². The number of aromatic nitrogens is 5. The van der Waals surface area contributed by atoms with Crippen molar-refractivity contribution in [3.05, 3.63) is 53.7 Å². The van der Waals surface area contributed by atoms with Gasteiger partial charge in [-0.05, 0) is 40.8 Å². The van der Waals surface area contributed by atoms with E-state index in [1.807, 2.05) is 6.07 Å². The minimum atomic E-state index is -1.15. The van der Waals surface area contributed by atoms with Crippen LogP contribution in [0.25, 0.3) is 22.3 Å². The van der Waals surface area contributed by atoms with E-state index in [0.29, 0.717) is 44.9 Å². The van der Waals surface area contributed by atoms with E-state index in [4.69, 9.17) is 0 Å². The molecule has 11 heteroatoms. The Kier molecular flexibility index (Phi) is 5.11. The standard InChI is InChI=1S/C20H15FN8O2/c1-29-16(8-12-3-2-4-15(18(12)29)23-17(30)9-21)20(31)24-14-6-5-11(10-22)7-13(14)19-25-27-28-26-19/h2-8H,9H2,1H3,(H,23,30)(H,24,31)(H,25,26,27,28). The van der Waals surface area contributed by atoms with Crippen LogP contribution in [0.5, 0.6) is 0 Å². The van der Waals surface area contributed by atoms with Crippen molar-refractivity contribution in [2.45, 2.75) is 0 Å². The number of aromatic amines is 1. The van der Waals surface area contributed by atoms with Gasteiger partial charge in [-0.1, -0.05) is 12.1 Å². The van der Waals surface area contributed by atoms with Gasteiger partial charge in [-0.2, -0.15) is 5.26 Å². The molecule has 3 N–H and O–H groups in total. The summed E-state index contributed by atoms with van der Waals surface area (Å²) in [7, 11) is 1.67. The van der Waals surface area contributed by atoms with E-state index in [9.17, 15) is 19.2 Å². The molecule has 0 bridgehead atoms. The number of fused-ring (bicyclic) bond motifs is 1. The van der Waals surface area contributed by atoms with Crippen LogP contribution in [0.3, 0.4) is 0 Å². The predicted octanol–water partition coefficient (Wildman–Crippen LogP) is 2.39. The van der Waals surface area contributed by atoms with Crippen LogP contribution in [0.1, 0.15) is 16.1 Å². The maximum Gasteiger partial charge on any atom is 0.272 e. The summed E-state index contributed by atoms with van der Waals surface area (Å²) in [4.78, 5) is 24.6. The number of nitrogens with zero attached hydrogens (tertiary/aromatic N) is 5. The highest BCUT2D eigenvalue weighted by atomic mass is 19.1. The minimum Gasteiger partial charge on any atom is -0.338 e. The second-order valence-corrected chi connectivity index (χ2v) is 6.59. The van der Waals surface area contributed by atoms with Gasteiger partial charge in [0.25, 0.3) is 11.8 Å². The van der Waals surface area contributed by atoms with Crippen LogP contribution in [0, 0.1) is 11.3 Å². The van der Waals surface area contributed by atoms with Crippen molar-refractivity contribution in [3.63, 3.8) is 0 Å². The Morgan fingerprint density at radius 1 is 1.19 bits per heavy atom. The maximum absolute atomic E-state index is 13.1. The van der Waals surface area contributed by atoms with Crippen molar-refractivity contribution in [3.8, 4) is 17.5 Å². The molecule has 0 spiro atoms. The fourth-order valence-corrected chi connectivity index (χ4v) is 3.30. The van der Waals surface area contributed by atoms with Gasteiger partial charge in [0, 0.05) is 18.0 Å². The van der Waals surface area contributed by atoms with Crippen LogP contribution in [0.4, 0.5) is 15.8 Å². The molecule has 0 fully saturated rings. The smallest absolute Gasteiger partial charge is 0.272 e. The number of H-pyrrole nitrogens is 1. The number of hydrogen-bond acceptors (Lipinski definition) is 6. The number of anilines is 2. The van der Waals surface area contributed by atoms with Gasteiger partial charge >= 0.3 is 0 Å². The highest BCUT2D eigenvalue weighted by Crippen LogP contribution is 2.29. The molecule has 0 unspecified atom stereocenters. The van der Waals surface area contributed by atoms with Gasteiger partial charge < -0.3 is 15.2 Å². The third-order valence-corrected chi connectivity index (χ3v) is 4.68. The molecule has 0 atom stereocenters. The Morgan fingerprint density at radius 2 is 2.03 bits per heavy atom. The van der Waals surface area contributed by atoms with Crippen LogP contribution in [-0.4, -0.2) is 43.7 Å². The summed E-state index contributed by atoms with van der Waals surface area (Å²) >= 11 is 0. The van der Waals surface area contributed by atoms with Gasteiger partial charge in [0.15, 0.2) is 12.5 Å². The van der Waals surface area contributed by atoms with Crippen LogP contribution in [-0.2, 0) is 11.8 Å². The van der Waals surface area contributed by atoms with Gasteiger partial charge in [0.1, 0.15) is 5.69 Å². The van der Waals surface area contributed by atoms with Crippen LogP contribution in [0.2, 0.25) is 0 Å². The van der Waals surface area contributed by atoms with Crippen LogP contribution in [0.15, 0.2) is 42.5 Å². The van der Waals surface area contributed by atoms with Gasteiger partial charge in [-0.15, -0.1) is 5.10 Å². The summed E-state index contributed by atoms with van der Waals surface area (Å²) in [6, 6.07) is 13.5. The zero-order valence-electron chi connectivity index (χ0n) is 16.2. The molecule has 10 nitrogen and oxygen atoms in total. The van der Waals surface area contributed by atoms with Crippen molar-refractivity contribution in [1.29, 1.82) is 5.26 Å². The average Bonchev–Trinajstić information content (AvgIpc) is 3.43. The van der Waals surface area contributed by atoms with E-state index >= 15 is 0 Å². The second-order valence-electron chi connectivity index (χ2n) is 6.59. The molecule has 4 rings (SSSR count). The number of benzene rings is 2. The Morgan fingerprint density at radius 3 is 2.74 bits per heavy atom. The number of carbonyl (C=O) groups excluding carboxylic acids is 2. The minimum absolute atomic E-state index is 0.292. The Bertz CT molecular complexity index is 1340. The number of aryl methyl sites for hydroxylation is 1. The molecule has 154 valence electrons. The zero-order chi connectivity index (χ0) is 22.0. The molecule has 31 heavy (non-hydrogen) atoms. The number of tetrazole rings is 1. The van der Waals surface area contributed by atoms with Crippen molar-refractivity contribution in [1.82, 2.24) is 25.2 Å². The fraction of sp³-hybridized carbons (Fsp3) is 0.100. The molecule has 4 aromatic rings. The summed E-state index contributed by atoms with van der Waals surface area (Å²) < 4.78 is 14.2. The molecule has 2 amide bonds. The Hall–Kier alpha value is -4.59. The van der Waals surface area contributed by atoms with E-state index in [1.54, 1.807) is 54.1 Å². The first-order chi connectivity index (χ1) is 15.0. The highest BCUT2D eigenvalue weighted by molar-refractivity contribution is 6.10. The third kappa shape index (κ3) is 3.69. The van der Waals surface area contributed by atoms with E-state index in [1.165, 1.54) is 0 Å². The molecule has 0 saturated carbocycles. The topological polar surface area (TPSA) is 141 Å². The Labute approximate surface area is 174 Å². The molecule has 0 aliphatic heterocycles. The third-order valence-electron chi connectivity index (χ3n) is 4.68. The van der Waals surface area contributed by atoms with Crippen molar-refractivity contribution in [2.75, 3.05) is 17.3 Å². The molecule has 2 heterocycles. The number of alkyl halides is 1. The molecule has 0 saturated heterocycles. The molecule has 2 aromatic carbocycles. The molecule has 0 radical (unpaired) electrons. The van der Waals surface area contributed by atoms with E-state index in [0.717, 1.165) is 0 Å². The number of nitriles is 1. The van der Waals surface area contributed by atoms with Crippen molar-refractivity contribution in [2.24, 2.45) is 7.05 Å². The summed E-state index contributed by atoms with van der Waals surface area (Å²) in [6.45, 7) is -1.15. The molecule has 0 aliphatic rings. The van der Waals surface area contributed by atoms with Gasteiger partial charge in [-0.25, -0.2) is 9.49 Å². The van der Waals surface area contributed by atoms with Crippen LogP contribution >= 0.6 is 0 Å². The average molecular weight is 418 g/mol. The lowest BCUT2D eigenvalue weighted by molar-refractivity contribution is -0.117. The Balaban J connectivity index is 1.72. The highest BCUT2D eigenvalue weighted by Gasteiger charge is 2.19. The second kappa shape index (κ2) is 8.03. The number of rotatable bonds is 5. The van der Waals surface area contributed by atoms with Crippen molar-refractivity contribution >= 4 is 34.1 Å². The lowest BCUT2D eigenvalue weighted by Crippen LogP contribution is -2.17. The quantitative estimate of drug-likeness (QED) is 0.454. The fourth-order valence-electron chi connectivity index (χ4n) is 3.30. The first-order valence-corrected chi connectivity index (χ1v) is 9.05. The lowest BCUT2D eigenvalue weighted by atomic mass is 10.1. The summed E-state index contributed by atoms with van der Waals surface area (Å²) in [5, 5.41) is 28.7. The normalized spacial score (nSPS) is 10.6. The SMILES string of the molecule is Cn1c(C(=O)Nc2ccc(C#N)cc2-c2nnn[nH]2)cc2cccc(NC(=O)CF)c21. The first kappa shape index (κ1) is 19.7. The number of amides is 2. The van der Waals surface area contributed by atoms with E-state index in [2.05, 4.69) is 31.3 Å². The summed E-state index contributed by atoms with van der Waals surface area (Å²) in [6.07, 6.45) is 0. The number of para-hydroxylation sites is 1. The summed E-state index contributed by atoms with van der Waals surface area (Å²) in [5.41, 5.74) is 2.51. The number of nitrogens with one attached hydrogen (secondary N) is 3. The van der Waals surface area contributed by atoms with Gasteiger partial charge in [0.05, 0.1) is 28.5 Å². The molecular formula is C20H15FN8O2. The first-order valence-electron chi connectivity index (χ1n) is 9.05. The summed E-state index contributed by atoms with van der Waals surface area (Å²) in [5.74, 6) is -0.914. The molecule has 0 aliphatic carbocycles. The number of hydrogen-bond donors (Lipinski definition) is 3. The number of carbonyl (C=O) groups is 2. The molecular weight excluding hydrogens is 403 g/mol. The van der Waals surface area contributed by atoms with Crippen molar-refractivity contribution < 1.29 is 14.0 Å².